The SMILES string of the molecule is COc1ccc(Cn2c(=O)n(C3OC(CO)[C@@H](O)[C@H]3O)c3nc(N)[nH]c(=O)c32)cc1. The number of aliphatic hydroxyl groups is 3. The van der Waals surface area contributed by atoms with E-state index in [4.69, 9.17) is 15.2 Å². The summed E-state index contributed by atoms with van der Waals surface area (Å²) < 4.78 is 12.7. The maximum absolute atomic E-state index is 13.2. The number of methoxy groups -OCH3 is 1. The molecule has 12 nitrogen and oxygen atoms in total. The van der Waals surface area contributed by atoms with Crippen LogP contribution in [0, 0.1) is 0 Å². The number of ether oxygens (including phenoxy) is 2. The molecular formula is C18H21N5O7. The fourth-order valence-corrected chi connectivity index (χ4v) is 3.58. The van der Waals surface area contributed by atoms with E-state index in [1.54, 1.807) is 24.3 Å². The van der Waals surface area contributed by atoms with Crippen molar-refractivity contribution < 1.29 is 24.8 Å². The highest BCUT2D eigenvalue weighted by Gasteiger charge is 2.45. The van der Waals surface area contributed by atoms with Crippen LogP contribution in [0.25, 0.3) is 11.2 Å². The molecule has 2 aromatic heterocycles. The highest BCUT2D eigenvalue weighted by atomic mass is 16.6. The molecule has 1 aliphatic rings. The van der Waals surface area contributed by atoms with E-state index in [1.807, 2.05) is 0 Å². The Bertz CT molecular complexity index is 1180. The third-order valence-electron chi connectivity index (χ3n) is 5.10. The first kappa shape index (κ1) is 20.1. The molecular weight excluding hydrogens is 398 g/mol. The summed E-state index contributed by atoms with van der Waals surface area (Å²) in [5, 5.41) is 29.8. The van der Waals surface area contributed by atoms with Crippen molar-refractivity contribution in [1.82, 2.24) is 19.1 Å². The van der Waals surface area contributed by atoms with Crippen LogP contribution < -0.4 is 21.7 Å². The van der Waals surface area contributed by atoms with Gasteiger partial charge in [-0.15, -0.1) is 0 Å². The molecule has 0 bridgehead atoms. The van der Waals surface area contributed by atoms with Gasteiger partial charge in [0.2, 0.25) is 5.95 Å². The van der Waals surface area contributed by atoms with Gasteiger partial charge in [-0.1, -0.05) is 12.1 Å². The van der Waals surface area contributed by atoms with Gasteiger partial charge in [0.25, 0.3) is 5.56 Å². The van der Waals surface area contributed by atoms with E-state index in [9.17, 15) is 24.9 Å². The van der Waals surface area contributed by atoms with Crippen LogP contribution >= 0.6 is 0 Å². The first-order chi connectivity index (χ1) is 14.3. The summed E-state index contributed by atoms with van der Waals surface area (Å²) in [4.78, 5) is 32.2. The summed E-state index contributed by atoms with van der Waals surface area (Å²) in [5.41, 5.74) is 4.84. The predicted molar refractivity (Wildman–Crippen MR) is 104 cm³/mol. The number of fused-ring (bicyclic) bond motifs is 1. The largest absolute Gasteiger partial charge is 0.497 e. The predicted octanol–water partition coefficient (Wildman–Crippen LogP) is -1.86. The fraction of sp³-hybridized carbons (Fsp3) is 0.389. The number of nitrogens with two attached hydrogens (primary N) is 1. The third kappa shape index (κ3) is 3.15. The monoisotopic (exact) mass is 419 g/mol. The number of nitrogen functional groups attached to an aromatic ring is 1. The number of hydrogen-bond donors (Lipinski definition) is 5. The van der Waals surface area contributed by atoms with Crippen molar-refractivity contribution in [3.63, 3.8) is 0 Å². The topological polar surface area (TPSA) is 178 Å². The highest BCUT2D eigenvalue weighted by Crippen LogP contribution is 2.30. The number of nitrogens with zero attached hydrogens (tertiary/aromatic N) is 3. The van der Waals surface area contributed by atoms with Crippen LogP contribution in [-0.4, -0.2) is 66.5 Å². The quantitative estimate of drug-likeness (QED) is 0.317. The Morgan fingerprint density at radius 1 is 1.23 bits per heavy atom. The number of hydrogen-bond acceptors (Lipinski definition) is 9. The molecule has 3 heterocycles. The summed E-state index contributed by atoms with van der Waals surface area (Å²) in [6.45, 7) is -0.542. The average Bonchev–Trinajstić information content (AvgIpc) is 3.16. The Morgan fingerprint density at radius 3 is 2.53 bits per heavy atom. The molecule has 0 spiro atoms. The number of nitrogens with one attached hydrogen (secondary N) is 1. The molecule has 30 heavy (non-hydrogen) atoms. The fourth-order valence-electron chi connectivity index (χ4n) is 3.58. The summed E-state index contributed by atoms with van der Waals surface area (Å²) in [7, 11) is 1.53. The second kappa shape index (κ2) is 7.57. The molecule has 12 heteroatoms. The van der Waals surface area contributed by atoms with Crippen molar-refractivity contribution in [2.24, 2.45) is 0 Å². The first-order valence-electron chi connectivity index (χ1n) is 9.11. The Hall–Kier alpha value is -3.19. The summed E-state index contributed by atoms with van der Waals surface area (Å²) in [5.74, 6) is 0.405. The number of benzene rings is 1. The normalized spacial score (nSPS) is 23.9. The molecule has 4 atom stereocenters. The molecule has 0 aliphatic carbocycles. The minimum Gasteiger partial charge on any atom is -0.497 e. The van der Waals surface area contributed by atoms with E-state index in [0.29, 0.717) is 11.3 Å². The van der Waals surface area contributed by atoms with Gasteiger partial charge in [0, 0.05) is 0 Å². The van der Waals surface area contributed by atoms with Crippen LogP contribution in [0.4, 0.5) is 5.95 Å². The standard InChI is InChI=1S/C18H21N5O7/c1-29-9-4-2-8(3-5-9)6-22-11-14(20-17(19)21-15(11)27)23(18(22)28)16-13(26)12(25)10(7-24)30-16/h2-5,10,12-13,16,24-26H,6-7H2,1H3,(H3,19,20,21,27)/t10?,12-,13-,16?/m1/s1. The molecule has 0 radical (unpaired) electrons. The average molecular weight is 419 g/mol. The number of rotatable bonds is 5. The maximum Gasteiger partial charge on any atom is 0.333 e. The molecule has 1 fully saturated rings. The number of aromatic nitrogens is 4. The van der Waals surface area contributed by atoms with Gasteiger partial charge in [-0.25, -0.2) is 9.36 Å². The number of aromatic amines is 1. The van der Waals surface area contributed by atoms with Gasteiger partial charge in [-0.05, 0) is 17.7 Å². The molecule has 1 aromatic carbocycles. The maximum atomic E-state index is 13.2. The molecule has 6 N–H and O–H groups in total. The Balaban J connectivity index is 1.88. The van der Waals surface area contributed by atoms with Crippen LogP contribution in [0.5, 0.6) is 5.75 Å². The number of anilines is 1. The van der Waals surface area contributed by atoms with E-state index >= 15 is 0 Å². The van der Waals surface area contributed by atoms with E-state index in [2.05, 4.69) is 9.97 Å². The molecule has 0 amide bonds. The third-order valence-corrected chi connectivity index (χ3v) is 5.10. The zero-order valence-corrected chi connectivity index (χ0v) is 15.9. The lowest BCUT2D eigenvalue weighted by Gasteiger charge is -2.15. The highest BCUT2D eigenvalue weighted by molar-refractivity contribution is 5.72. The van der Waals surface area contributed by atoms with Crippen molar-refractivity contribution in [2.45, 2.75) is 31.1 Å². The molecule has 160 valence electrons. The Labute approximate surface area is 168 Å². The van der Waals surface area contributed by atoms with Crippen LogP contribution in [0.1, 0.15) is 11.8 Å². The molecule has 1 aliphatic heterocycles. The van der Waals surface area contributed by atoms with Gasteiger partial charge in [0.15, 0.2) is 17.4 Å². The van der Waals surface area contributed by atoms with Crippen molar-refractivity contribution in [2.75, 3.05) is 19.5 Å². The number of aliphatic hydroxyl groups excluding tert-OH is 3. The lowest BCUT2D eigenvalue weighted by atomic mass is 10.1. The number of imidazole rings is 1. The smallest absolute Gasteiger partial charge is 0.333 e. The molecule has 0 saturated carbocycles. The van der Waals surface area contributed by atoms with E-state index in [0.717, 1.165) is 4.57 Å². The lowest BCUT2D eigenvalue weighted by molar-refractivity contribution is -0.0527. The van der Waals surface area contributed by atoms with Gasteiger partial charge in [-0.3, -0.25) is 14.3 Å². The van der Waals surface area contributed by atoms with Crippen molar-refractivity contribution in [1.29, 1.82) is 0 Å². The molecule has 1 saturated heterocycles. The molecule has 4 rings (SSSR count). The molecule has 3 aromatic rings. The minimum absolute atomic E-state index is 0.0236. The van der Waals surface area contributed by atoms with Crippen molar-refractivity contribution in [3.8, 4) is 5.75 Å². The number of H-pyrrole nitrogens is 1. The van der Waals surface area contributed by atoms with Crippen LogP contribution in [-0.2, 0) is 11.3 Å². The van der Waals surface area contributed by atoms with Gasteiger partial charge in [-0.2, -0.15) is 4.98 Å². The van der Waals surface area contributed by atoms with Gasteiger partial charge in [0.1, 0.15) is 24.1 Å². The van der Waals surface area contributed by atoms with Gasteiger partial charge < -0.3 is 30.5 Å². The zero-order chi connectivity index (χ0) is 21.6. The van der Waals surface area contributed by atoms with E-state index < -0.39 is 42.4 Å². The molecule has 2 unspecified atom stereocenters. The first-order valence-corrected chi connectivity index (χ1v) is 9.11. The van der Waals surface area contributed by atoms with E-state index in [-0.39, 0.29) is 23.7 Å². The van der Waals surface area contributed by atoms with Gasteiger partial charge >= 0.3 is 5.69 Å². The summed E-state index contributed by atoms with van der Waals surface area (Å²) in [6.07, 6.45) is -5.41. The minimum atomic E-state index is -1.53. The zero-order valence-electron chi connectivity index (χ0n) is 15.9. The van der Waals surface area contributed by atoms with Crippen LogP contribution in [0.2, 0.25) is 0 Å². The lowest BCUT2D eigenvalue weighted by Crippen LogP contribution is -2.36. The Kier molecular flexibility index (Phi) is 5.07. The van der Waals surface area contributed by atoms with Crippen molar-refractivity contribution >= 4 is 17.1 Å². The second-order valence-electron chi connectivity index (χ2n) is 6.94. The summed E-state index contributed by atoms with van der Waals surface area (Å²) in [6, 6.07) is 6.90. The van der Waals surface area contributed by atoms with Crippen molar-refractivity contribution in [3.05, 3.63) is 50.7 Å². The second-order valence-corrected chi connectivity index (χ2v) is 6.94. The van der Waals surface area contributed by atoms with Gasteiger partial charge in [0.05, 0.1) is 20.3 Å². The van der Waals surface area contributed by atoms with Crippen LogP contribution in [0.15, 0.2) is 33.9 Å². The Morgan fingerprint density at radius 2 is 1.93 bits per heavy atom. The summed E-state index contributed by atoms with van der Waals surface area (Å²) >= 11 is 0. The van der Waals surface area contributed by atoms with E-state index in [1.165, 1.54) is 11.7 Å². The van der Waals surface area contributed by atoms with Crippen LogP contribution in [0.3, 0.4) is 0 Å².